The minimum Gasteiger partial charge on any atom is -0.481 e. The molecule has 0 saturated heterocycles. The molecule has 16 heteroatoms. The lowest BCUT2D eigenvalue weighted by atomic mass is 9.87. The molecule has 8 unspecified atom stereocenters. The van der Waals surface area contributed by atoms with Gasteiger partial charge in [0, 0.05) is 0 Å². The Morgan fingerprint density at radius 2 is 0.660 bits per heavy atom. The molecule has 0 spiro atoms. The number of hydrogen-bond acceptors (Lipinski definition) is 12. The summed E-state index contributed by atoms with van der Waals surface area (Å²) >= 11 is 0. The van der Waals surface area contributed by atoms with E-state index in [2.05, 4.69) is 0 Å². The molecule has 0 aromatic rings. The second-order valence-corrected chi connectivity index (χ2v) is 12.4. The van der Waals surface area contributed by atoms with Crippen molar-refractivity contribution in [2.45, 2.75) is 91.9 Å². The van der Waals surface area contributed by atoms with Crippen LogP contribution in [0.25, 0.3) is 0 Å². The number of carboxylic acids is 4. The zero-order valence-electron chi connectivity index (χ0n) is 29.2. The van der Waals surface area contributed by atoms with Crippen molar-refractivity contribution in [3.8, 4) is 0 Å². The Labute approximate surface area is 291 Å². The fourth-order valence-corrected chi connectivity index (χ4v) is 6.08. The standard InChI is InChI=1S/2C17H26O8/c2*1-3-5-7-24-16(22)11-9-10(14(18)19)12(15(20)21)13(11)17(23)25-8-6-4-2/h2*10-13H,3-9H2,1-2H3,(H,18,19)(H,20,21). The number of ether oxygens (including phenoxy) is 4. The van der Waals surface area contributed by atoms with Gasteiger partial charge in [0.2, 0.25) is 0 Å². The molecule has 0 aromatic heterocycles. The van der Waals surface area contributed by atoms with Gasteiger partial charge in [0.25, 0.3) is 0 Å². The average molecular weight is 717 g/mol. The summed E-state index contributed by atoms with van der Waals surface area (Å²) in [5, 5.41) is 37.4. The molecule has 0 amide bonds. The van der Waals surface area contributed by atoms with Gasteiger partial charge in [-0.2, -0.15) is 0 Å². The molecule has 16 nitrogen and oxygen atoms in total. The van der Waals surface area contributed by atoms with E-state index in [0.29, 0.717) is 25.7 Å². The van der Waals surface area contributed by atoms with Crippen LogP contribution in [0.1, 0.15) is 91.9 Å². The number of hydrogen-bond donors (Lipinski definition) is 4. The minimum absolute atomic E-state index is 0.105. The summed E-state index contributed by atoms with van der Waals surface area (Å²) in [4.78, 5) is 95.2. The van der Waals surface area contributed by atoms with E-state index in [1.54, 1.807) is 0 Å². The number of aliphatic carboxylic acids is 4. The predicted octanol–water partition coefficient (Wildman–Crippen LogP) is 3.42. The molecule has 2 fully saturated rings. The molecule has 0 bridgehead atoms. The molecule has 284 valence electrons. The molecule has 2 saturated carbocycles. The van der Waals surface area contributed by atoms with Crippen molar-refractivity contribution in [3.63, 3.8) is 0 Å². The maximum Gasteiger partial charge on any atom is 0.310 e. The number of rotatable bonds is 20. The first kappa shape index (κ1) is 43.8. The Balaban J connectivity index is 0.000000500. The zero-order valence-corrected chi connectivity index (χ0v) is 29.2. The zero-order chi connectivity index (χ0) is 38.0. The van der Waals surface area contributed by atoms with Gasteiger partial charge in [-0.25, -0.2) is 0 Å². The van der Waals surface area contributed by atoms with E-state index >= 15 is 0 Å². The van der Waals surface area contributed by atoms with Gasteiger partial charge < -0.3 is 39.4 Å². The highest BCUT2D eigenvalue weighted by Gasteiger charge is 2.58. The number of carbonyl (C=O) groups is 8. The molecule has 2 rings (SSSR count). The van der Waals surface area contributed by atoms with Crippen molar-refractivity contribution in [3.05, 3.63) is 0 Å². The fourth-order valence-electron chi connectivity index (χ4n) is 6.08. The summed E-state index contributed by atoms with van der Waals surface area (Å²) in [6.07, 6.45) is 5.14. The van der Waals surface area contributed by atoms with Gasteiger partial charge in [0.1, 0.15) is 0 Å². The third-order valence-electron chi connectivity index (χ3n) is 8.85. The van der Waals surface area contributed by atoms with Crippen LogP contribution in [0.3, 0.4) is 0 Å². The van der Waals surface area contributed by atoms with Gasteiger partial charge in [-0.15, -0.1) is 0 Å². The molecule has 0 heterocycles. The Morgan fingerprint density at radius 3 is 0.880 bits per heavy atom. The largest absolute Gasteiger partial charge is 0.481 e. The highest BCUT2D eigenvalue weighted by atomic mass is 16.5. The van der Waals surface area contributed by atoms with Crippen LogP contribution in [-0.2, 0) is 57.3 Å². The lowest BCUT2D eigenvalue weighted by Gasteiger charge is -2.20. The molecule has 0 radical (unpaired) electrons. The van der Waals surface area contributed by atoms with Gasteiger partial charge in [-0.1, -0.05) is 53.4 Å². The Morgan fingerprint density at radius 1 is 0.400 bits per heavy atom. The summed E-state index contributed by atoms with van der Waals surface area (Å²) in [7, 11) is 0. The van der Waals surface area contributed by atoms with E-state index in [1.807, 2.05) is 27.7 Å². The van der Waals surface area contributed by atoms with Gasteiger partial charge in [-0.3, -0.25) is 38.4 Å². The van der Waals surface area contributed by atoms with Gasteiger partial charge in [0.05, 0.1) is 73.8 Å². The monoisotopic (exact) mass is 716 g/mol. The SMILES string of the molecule is CCCCOC(=O)C1CC(C(=O)O)C(C(=O)O)C1C(=O)OCCCC.CCCCOC(=O)C1CC(C(=O)O)C(C(=O)O)C1C(=O)OCCCC. The molecule has 0 aromatic carbocycles. The summed E-state index contributed by atoms with van der Waals surface area (Å²) in [6.45, 7) is 8.14. The maximum absolute atomic E-state index is 12.4. The number of unbranched alkanes of at least 4 members (excludes halogenated alkanes) is 4. The van der Waals surface area contributed by atoms with E-state index < -0.39 is 95.1 Å². The van der Waals surface area contributed by atoms with Crippen LogP contribution in [0.4, 0.5) is 0 Å². The molecule has 8 atom stereocenters. The normalized spacial score (nSPS) is 25.4. The van der Waals surface area contributed by atoms with Crippen molar-refractivity contribution in [1.82, 2.24) is 0 Å². The first-order chi connectivity index (χ1) is 23.7. The first-order valence-electron chi connectivity index (χ1n) is 17.3. The van der Waals surface area contributed by atoms with E-state index in [4.69, 9.17) is 18.9 Å². The van der Waals surface area contributed by atoms with Crippen LogP contribution in [-0.4, -0.2) is 94.6 Å². The Kier molecular flexibility index (Phi) is 19.7. The average Bonchev–Trinajstić information content (AvgIpc) is 3.67. The smallest absolute Gasteiger partial charge is 0.310 e. The van der Waals surface area contributed by atoms with Gasteiger partial charge >= 0.3 is 47.8 Å². The minimum atomic E-state index is -1.50. The van der Waals surface area contributed by atoms with E-state index in [0.717, 1.165) is 25.7 Å². The summed E-state index contributed by atoms with van der Waals surface area (Å²) in [5.41, 5.74) is 0. The molecular weight excluding hydrogens is 664 g/mol. The van der Waals surface area contributed by atoms with Crippen molar-refractivity contribution in [2.24, 2.45) is 47.3 Å². The lowest BCUT2D eigenvalue weighted by Crippen LogP contribution is -2.37. The van der Waals surface area contributed by atoms with E-state index in [9.17, 15) is 58.8 Å². The number of carbonyl (C=O) groups excluding carboxylic acids is 4. The van der Waals surface area contributed by atoms with Crippen molar-refractivity contribution in [1.29, 1.82) is 0 Å². The Bertz CT molecular complexity index is 1090. The van der Waals surface area contributed by atoms with Crippen LogP contribution < -0.4 is 0 Å². The second-order valence-electron chi connectivity index (χ2n) is 12.4. The summed E-state index contributed by atoms with van der Waals surface area (Å²) in [6, 6.07) is 0. The van der Waals surface area contributed by atoms with Crippen LogP contribution in [0.15, 0.2) is 0 Å². The first-order valence-corrected chi connectivity index (χ1v) is 17.3. The molecule has 2 aliphatic carbocycles. The molecule has 4 N–H and O–H groups in total. The summed E-state index contributed by atoms with van der Waals surface area (Å²) in [5.74, 6) is -19.3. The predicted molar refractivity (Wildman–Crippen MR) is 171 cm³/mol. The highest BCUT2D eigenvalue weighted by Crippen LogP contribution is 2.45. The van der Waals surface area contributed by atoms with Crippen LogP contribution >= 0.6 is 0 Å². The van der Waals surface area contributed by atoms with Crippen LogP contribution in [0.2, 0.25) is 0 Å². The van der Waals surface area contributed by atoms with E-state index in [1.165, 1.54) is 0 Å². The van der Waals surface area contributed by atoms with Gasteiger partial charge in [-0.05, 0) is 38.5 Å². The highest BCUT2D eigenvalue weighted by molar-refractivity contribution is 5.93. The van der Waals surface area contributed by atoms with Crippen LogP contribution in [0, 0.1) is 47.3 Å². The molecule has 2 aliphatic rings. The van der Waals surface area contributed by atoms with Crippen LogP contribution in [0.5, 0.6) is 0 Å². The topological polar surface area (TPSA) is 254 Å². The fraction of sp³-hybridized carbons (Fsp3) is 0.765. The van der Waals surface area contributed by atoms with Crippen molar-refractivity contribution in [2.75, 3.05) is 26.4 Å². The molecular formula is C34H52O16. The molecule has 50 heavy (non-hydrogen) atoms. The number of carboxylic acid groups (broad SMARTS) is 4. The van der Waals surface area contributed by atoms with E-state index in [-0.39, 0.29) is 39.3 Å². The maximum atomic E-state index is 12.4. The second kappa shape index (κ2) is 22.5. The third-order valence-corrected chi connectivity index (χ3v) is 8.85. The molecule has 0 aliphatic heterocycles. The number of esters is 4. The quantitative estimate of drug-likeness (QED) is 0.0799. The third kappa shape index (κ3) is 12.6. The van der Waals surface area contributed by atoms with Gasteiger partial charge in [0.15, 0.2) is 0 Å². The van der Waals surface area contributed by atoms with Crippen molar-refractivity contribution < 1.29 is 77.7 Å². The summed E-state index contributed by atoms with van der Waals surface area (Å²) < 4.78 is 20.3. The lowest BCUT2D eigenvalue weighted by molar-refractivity contribution is -0.165. The Hall–Kier alpha value is -4.24. The van der Waals surface area contributed by atoms with Crippen molar-refractivity contribution >= 4 is 47.8 Å².